The number of hydrogen-bond donors (Lipinski definition) is 1. The highest BCUT2D eigenvalue weighted by atomic mass is 16.1. The molecule has 5 nitrogen and oxygen atoms in total. The number of imidazole rings is 1. The molecule has 2 aromatic heterocycles. The highest BCUT2D eigenvalue weighted by Crippen LogP contribution is 2.31. The van der Waals surface area contributed by atoms with Gasteiger partial charge in [-0.25, -0.2) is 9.97 Å². The highest BCUT2D eigenvalue weighted by molar-refractivity contribution is 5.95. The summed E-state index contributed by atoms with van der Waals surface area (Å²) in [5.74, 6) is 0.979. The van der Waals surface area contributed by atoms with E-state index < -0.39 is 0 Å². The first-order chi connectivity index (χ1) is 20.9. The first kappa shape index (κ1) is 28.1. The predicted molar refractivity (Wildman–Crippen MR) is 175 cm³/mol. The van der Waals surface area contributed by atoms with Gasteiger partial charge in [-0.15, -0.1) is 0 Å². The second-order valence-electron chi connectivity index (χ2n) is 11.2. The fourth-order valence-electron chi connectivity index (χ4n) is 5.76. The van der Waals surface area contributed by atoms with Crippen LogP contribution in [0.15, 0.2) is 103 Å². The van der Waals surface area contributed by atoms with Crippen molar-refractivity contribution in [3.05, 3.63) is 142 Å². The molecule has 4 aromatic carbocycles. The van der Waals surface area contributed by atoms with Gasteiger partial charge in [0, 0.05) is 24.2 Å². The van der Waals surface area contributed by atoms with Gasteiger partial charge in [0.1, 0.15) is 11.3 Å². The molecule has 0 aliphatic rings. The third-order valence-electron chi connectivity index (χ3n) is 8.07. The summed E-state index contributed by atoms with van der Waals surface area (Å²) in [7, 11) is 0. The molecule has 0 saturated carbocycles. The largest absolute Gasteiger partial charge is 0.348 e. The third-order valence-corrected chi connectivity index (χ3v) is 8.07. The van der Waals surface area contributed by atoms with Gasteiger partial charge < -0.3 is 9.88 Å². The van der Waals surface area contributed by atoms with Crippen LogP contribution in [0.25, 0.3) is 33.4 Å². The second kappa shape index (κ2) is 12.1. The normalized spacial score (nSPS) is 11.2. The Balaban J connectivity index is 1.32. The van der Waals surface area contributed by atoms with Gasteiger partial charge in [0.05, 0.1) is 6.54 Å². The maximum atomic E-state index is 13.0. The summed E-state index contributed by atoms with van der Waals surface area (Å²) in [6, 6.07) is 35.4. The quantitative estimate of drug-likeness (QED) is 0.203. The molecule has 0 aliphatic heterocycles. The van der Waals surface area contributed by atoms with Gasteiger partial charge in [0.2, 0.25) is 0 Å². The van der Waals surface area contributed by atoms with E-state index in [0.29, 0.717) is 18.7 Å². The maximum Gasteiger partial charge on any atom is 0.251 e. The van der Waals surface area contributed by atoms with E-state index in [9.17, 15) is 4.79 Å². The van der Waals surface area contributed by atoms with Crippen LogP contribution in [0.1, 0.15) is 51.1 Å². The van der Waals surface area contributed by atoms with Crippen LogP contribution in [-0.2, 0) is 19.5 Å². The van der Waals surface area contributed by atoms with E-state index in [0.717, 1.165) is 68.0 Å². The summed E-state index contributed by atoms with van der Waals surface area (Å²) in [5.41, 5.74) is 12.5. The Labute approximate surface area is 253 Å². The number of hydrogen-bond acceptors (Lipinski definition) is 3. The second-order valence-corrected chi connectivity index (χ2v) is 11.2. The summed E-state index contributed by atoms with van der Waals surface area (Å²) < 4.78 is 2.24. The Morgan fingerprint density at radius 2 is 1.47 bits per heavy atom. The minimum atomic E-state index is -0.0649. The van der Waals surface area contributed by atoms with Crippen LogP contribution in [0.2, 0.25) is 0 Å². The molecule has 1 amide bonds. The smallest absolute Gasteiger partial charge is 0.251 e. The Morgan fingerprint density at radius 3 is 2.21 bits per heavy atom. The maximum absolute atomic E-state index is 13.0. The number of benzene rings is 4. The zero-order valence-corrected chi connectivity index (χ0v) is 25.2. The molecule has 0 unspecified atom stereocenters. The van der Waals surface area contributed by atoms with Crippen LogP contribution in [0.5, 0.6) is 0 Å². The van der Waals surface area contributed by atoms with E-state index in [1.807, 2.05) is 44.2 Å². The van der Waals surface area contributed by atoms with Gasteiger partial charge in [-0.1, -0.05) is 91.9 Å². The number of aryl methyl sites for hydroxylation is 4. The van der Waals surface area contributed by atoms with Gasteiger partial charge >= 0.3 is 0 Å². The number of nitrogens with one attached hydrogen (secondary N) is 1. The molecule has 43 heavy (non-hydrogen) atoms. The molecule has 6 rings (SSSR count). The van der Waals surface area contributed by atoms with Gasteiger partial charge in [-0.2, -0.15) is 0 Å². The molecule has 214 valence electrons. The molecule has 0 radical (unpaired) electrons. The van der Waals surface area contributed by atoms with Crippen molar-refractivity contribution in [2.75, 3.05) is 0 Å². The number of fused-ring (bicyclic) bond motifs is 1. The van der Waals surface area contributed by atoms with Crippen molar-refractivity contribution < 1.29 is 4.79 Å². The summed E-state index contributed by atoms with van der Waals surface area (Å²) >= 11 is 0. The number of carbonyl (C=O) groups is 1. The molecule has 1 N–H and O–H groups in total. The van der Waals surface area contributed by atoms with Crippen LogP contribution in [0.4, 0.5) is 0 Å². The van der Waals surface area contributed by atoms with Crippen molar-refractivity contribution in [2.45, 2.75) is 47.2 Å². The fourth-order valence-corrected chi connectivity index (χ4v) is 5.76. The van der Waals surface area contributed by atoms with Crippen LogP contribution >= 0.6 is 0 Å². The van der Waals surface area contributed by atoms with Crippen LogP contribution < -0.4 is 5.32 Å². The van der Waals surface area contributed by atoms with Crippen LogP contribution in [0.3, 0.4) is 0 Å². The zero-order chi connectivity index (χ0) is 29.9. The van der Waals surface area contributed by atoms with Gasteiger partial charge in [0.15, 0.2) is 5.65 Å². The summed E-state index contributed by atoms with van der Waals surface area (Å²) in [6.45, 7) is 9.39. The Hall–Kier alpha value is -5.03. The first-order valence-electron chi connectivity index (χ1n) is 14.9. The van der Waals surface area contributed by atoms with Crippen molar-refractivity contribution in [2.24, 2.45) is 0 Å². The third kappa shape index (κ3) is 5.84. The van der Waals surface area contributed by atoms with Crippen molar-refractivity contribution in [1.82, 2.24) is 19.9 Å². The predicted octanol–water partition coefficient (Wildman–Crippen LogP) is 8.23. The number of aromatic nitrogens is 3. The van der Waals surface area contributed by atoms with E-state index >= 15 is 0 Å². The van der Waals surface area contributed by atoms with E-state index in [4.69, 9.17) is 9.97 Å². The summed E-state index contributed by atoms with van der Waals surface area (Å²) in [4.78, 5) is 22.8. The summed E-state index contributed by atoms with van der Waals surface area (Å²) in [5, 5.41) is 3.15. The average Bonchev–Trinajstić information content (AvgIpc) is 3.38. The van der Waals surface area contributed by atoms with Crippen molar-refractivity contribution in [1.29, 1.82) is 0 Å². The first-order valence-corrected chi connectivity index (χ1v) is 14.9. The Kier molecular flexibility index (Phi) is 7.89. The van der Waals surface area contributed by atoms with Crippen molar-refractivity contribution in [3.8, 4) is 22.3 Å². The number of nitrogens with zero attached hydrogens (tertiary/aromatic N) is 3. The molecule has 5 heteroatoms. The van der Waals surface area contributed by atoms with E-state index in [2.05, 4.69) is 96.5 Å². The minimum Gasteiger partial charge on any atom is -0.348 e. The Bertz CT molecular complexity index is 1920. The highest BCUT2D eigenvalue weighted by Gasteiger charge is 2.15. The molecular formula is C38H36N4O. The number of pyridine rings is 1. The molecule has 2 heterocycles. The van der Waals surface area contributed by atoms with E-state index in [1.165, 1.54) is 5.56 Å². The topological polar surface area (TPSA) is 59.8 Å². The number of amides is 1. The van der Waals surface area contributed by atoms with Gasteiger partial charge in [-0.05, 0) is 83.5 Å². The summed E-state index contributed by atoms with van der Waals surface area (Å²) in [6.07, 6.45) is 0.844. The number of carbonyl (C=O) groups excluding carboxylic acids is 1. The van der Waals surface area contributed by atoms with Crippen molar-refractivity contribution >= 4 is 17.1 Å². The average molecular weight is 565 g/mol. The van der Waals surface area contributed by atoms with E-state index in [1.54, 1.807) is 0 Å². The fraction of sp³-hybridized carbons (Fsp3) is 0.184. The van der Waals surface area contributed by atoms with Gasteiger partial charge in [0.25, 0.3) is 5.91 Å². The molecule has 0 fully saturated rings. The minimum absolute atomic E-state index is 0.0649. The zero-order valence-electron chi connectivity index (χ0n) is 25.2. The van der Waals surface area contributed by atoms with E-state index in [-0.39, 0.29) is 5.91 Å². The SMILES string of the molecule is CCc1nc2c(C)cc(C)nc2n1Cc1ccc(-c2cc(-c3ccccc3)ccc2CNC(=O)c2ccccc2C)cc1. The van der Waals surface area contributed by atoms with Crippen molar-refractivity contribution in [3.63, 3.8) is 0 Å². The monoisotopic (exact) mass is 564 g/mol. The van der Waals surface area contributed by atoms with Gasteiger partial charge in [-0.3, -0.25) is 4.79 Å². The van der Waals surface area contributed by atoms with Crippen LogP contribution in [-0.4, -0.2) is 20.4 Å². The standard InChI is InChI=1S/C38H36N4O/c1-5-35-41-36-26(3)21-27(4)40-37(36)42(35)24-28-15-17-30(18-16-28)34-22-31(29-12-7-6-8-13-29)19-20-32(34)23-39-38(43)33-14-10-9-11-25(33)2/h6-22H,5,23-24H2,1-4H3,(H,39,43). The molecule has 6 aromatic rings. The Morgan fingerprint density at radius 1 is 0.744 bits per heavy atom. The number of rotatable bonds is 8. The molecule has 0 saturated heterocycles. The lowest BCUT2D eigenvalue weighted by Gasteiger charge is -2.15. The molecular weight excluding hydrogens is 528 g/mol. The molecule has 0 aliphatic carbocycles. The lowest BCUT2D eigenvalue weighted by atomic mass is 9.94. The lowest BCUT2D eigenvalue weighted by Crippen LogP contribution is -2.23. The van der Waals surface area contributed by atoms with Crippen LogP contribution in [0, 0.1) is 20.8 Å². The molecule has 0 bridgehead atoms. The lowest BCUT2D eigenvalue weighted by molar-refractivity contribution is 0.0950. The molecule has 0 spiro atoms. The molecule has 0 atom stereocenters.